The van der Waals surface area contributed by atoms with Crippen LogP contribution in [0.15, 0.2) is 285 Å². The Morgan fingerprint density at radius 3 is 1.20 bits per heavy atom. The third-order valence-corrected chi connectivity index (χ3v) is 16.1. The molecule has 1 heteroatoms. The van der Waals surface area contributed by atoms with Crippen molar-refractivity contribution in [3.63, 3.8) is 0 Å². The average Bonchev–Trinajstić information content (AvgIpc) is 4.07. The summed E-state index contributed by atoms with van der Waals surface area (Å²) in [5.41, 5.74) is 22.6. The van der Waals surface area contributed by atoms with E-state index >= 15 is 0 Å². The highest BCUT2D eigenvalue weighted by Gasteiger charge is 2.52. The van der Waals surface area contributed by atoms with Crippen LogP contribution in [0.2, 0.25) is 0 Å². The van der Waals surface area contributed by atoms with Gasteiger partial charge in [0.1, 0.15) is 0 Å². The van der Waals surface area contributed by atoms with Gasteiger partial charge in [-0.2, -0.15) is 0 Å². The molecule has 1 spiro atoms. The molecule has 2 aliphatic carbocycles. The number of anilines is 3. The van der Waals surface area contributed by atoms with Crippen LogP contribution in [0.5, 0.6) is 0 Å². The van der Waals surface area contributed by atoms with E-state index < -0.39 is 5.41 Å². The van der Waals surface area contributed by atoms with Crippen LogP contribution in [0.3, 0.4) is 0 Å². The largest absolute Gasteiger partial charge is 0.310 e. The molecular weight excluding hydrogens is 891 g/mol. The molecule has 13 aromatic rings. The zero-order valence-corrected chi connectivity index (χ0v) is 40.6. The summed E-state index contributed by atoms with van der Waals surface area (Å²) >= 11 is 0. The molecule has 0 aliphatic heterocycles. The van der Waals surface area contributed by atoms with Crippen LogP contribution in [0.25, 0.3) is 99.1 Å². The van der Waals surface area contributed by atoms with Gasteiger partial charge in [-0.1, -0.05) is 243 Å². The highest BCUT2D eigenvalue weighted by atomic mass is 15.1. The molecule has 0 saturated carbocycles. The number of nitrogens with zero attached hydrogens (tertiary/aromatic N) is 1. The van der Waals surface area contributed by atoms with E-state index in [0.717, 1.165) is 22.6 Å². The quantitative estimate of drug-likeness (QED) is 0.144. The van der Waals surface area contributed by atoms with Gasteiger partial charge in [0, 0.05) is 16.9 Å². The zero-order valence-electron chi connectivity index (χ0n) is 40.6. The summed E-state index contributed by atoms with van der Waals surface area (Å²) in [6.45, 7) is 0. The Hall–Kier alpha value is -9.56. The SMILES string of the molecule is c1ccc(-c2cccc(-c3ccc(N(c4ccc5c6ccccc6c6ccccc6c5c4)c4cc5c(cc4-c4ccccc4-c4ccccc4)-c4ccccc4C54c5ccccc5-c5ccccc54)cc3)c2)cc1. The Labute approximate surface area is 431 Å². The molecule has 0 atom stereocenters. The van der Waals surface area contributed by atoms with Crippen molar-refractivity contribution in [2.75, 3.05) is 4.90 Å². The van der Waals surface area contributed by atoms with Crippen molar-refractivity contribution in [1.29, 1.82) is 0 Å². The molecule has 344 valence electrons. The Morgan fingerprint density at radius 1 is 0.203 bits per heavy atom. The lowest BCUT2D eigenvalue weighted by atomic mass is 9.70. The van der Waals surface area contributed by atoms with Gasteiger partial charge in [0.05, 0.1) is 11.1 Å². The van der Waals surface area contributed by atoms with Gasteiger partial charge in [0.15, 0.2) is 0 Å². The van der Waals surface area contributed by atoms with Crippen LogP contribution in [0, 0.1) is 0 Å². The van der Waals surface area contributed by atoms with Crippen molar-refractivity contribution < 1.29 is 0 Å². The fraction of sp³-hybridized carbons (Fsp3) is 0.0137. The molecule has 0 heterocycles. The van der Waals surface area contributed by atoms with Crippen molar-refractivity contribution >= 4 is 49.4 Å². The second kappa shape index (κ2) is 16.8. The molecule has 0 fully saturated rings. The molecule has 2 aliphatic rings. The number of rotatable bonds is 7. The van der Waals surface area contributed by atoms with Crippen LogP contribution < -0.4 is 4.90 Å². The second-order valence-electron chi connectivity index (χ2n) is 19.9. The van der Waals surface area contributed by atoms with Crippen molar-refractivity contribution in [2.45, 2.75) is 5.41 Å². The highest BCUT2D eigenvalue weighted by molar-refractivity contribution is 6.26. The zero-order chi connectivity index (χ0) is 48.7. The summed E-state index contributed by atoms with van der Waals surface area (Å²) < 4.78 is 0. The normalized spacial score (nSPS) is 12.7. The summed E-state index contributed by atoms with van der Waals surface area (Å²) in [7, 11) is 0. The van der Waals surface area contributed by atoms with Gasteiger partial charge >= 0.3 is 0 Å². The van der Waals surface area contributed by atoms with E-state index in [2.05, 4.69) is 290 Å². The summed E-state index contributed by atoms with van der Waals surface area (Å²) in [5, 5.41) is 7.51. The first-order chi connectivity index (χ1) is 36.7. The van der Waals surface area contributed by atoms with Gasteiger partial charge in [-0.25, -0.2) is 0 Å². The summed E-state index contributed by atoms with van der Waals surface area (Å²) in [4.78, 5) is 2.55. The predicted molar refractivity (Wildman–Crippen MR) is 312 cm³/mol. The molecule has 0 radical (unpaired) electrons. The molecule has 0 aromatic heterocycles. The maximum Gasteiger partial charge on any atom is 0.0726 e. The van der Waals surface area contributed by atoms with Crippen LogP contribution in [-0.4, -0.2) is 0 Å². The van der Waals surface area contributed by atoms with E-state index in [1.807, 2.05) is 0 Å². The van der Waals surface area contributed by atoms with Crippen LogP contribution in [0.1, 0.15) is 22.3 Å². The third kappa shape index (κ3) is 6.30. The summed E-state index contributed by atoms with van der Waals surface area (Å²) in [6, 6.07) is 106. The van der Waals surface area contributed by atoms with Crippen molar-refractivity contribution in [1.82, 2.24) is 0 Å². The molecule has 0 bridgehead atoms. The smallest absolute Gasteiger partial charge is 0.0726 e. The molecular formula is C73H47N. The summed E-state index contributed by atoms with van der Waals surface area (Å²) in [5.74, 6) is 0. The first-order valence-electron chi connectivity index (χ1n) is 25.7. The fourth-order valence-corrected chi connectivity index (χ4v) is 12.9. The predicted octanol–water partition coefficient (Wildman–Crippen LogP) is 19.6. The van der Waals surface area contributed by atoms with Gasteiger partial charge in [0.2, 0.25) is 0 Å². The van der Waals surface area contributed by atoms with Gasteiger partial charge < -0.3 is 4.90 Å². The fourth-order valence-electron chi connectivity index (χ4n) is 12.9. The lowest BCUT2D eigenvalue weighted by Crippen LogP contribution is -2.26. The van der Waals surface area contributed by atoms with E-state index in [1.54, 1.807) is 0 Å². The summed E-state index contributed by atoms with van der Waals surface area (Å²) in [6.07, 6.45) is 0. The molecule has 1 nitrogen and oxygen atoms in total. The third-order valence-electron chi connectivity index (χ3n) is 16.1. The molecule has 0 amide bonds. The van der Waals surface area contributed by atoms with Crippen LogP contribution in [0.4, 0.5) is 17.1 Å². The maximum absolute atomic E-state index is 2.57. The minimum Gasteiger partial charge on any atom is -0.310 e. The van der Waals surface area contributed by atoms with Crippen molar-refractivity contribution in [3.8, 4) is 66.8 Å². The number of fused-ring (bicyclic) bond motifs is 16. The van der Waals surface area contributed by atoms with E-state index in [-0.39, 0.29) is 0 Å². The highest BCUT2D eigenvalue weighted by Crippen LogP contribution is 2.64. The van der Waals surface area contributed by atoms with Gasteiger partial charge in [-0.15, -0.1) is 0 Å². The molecule has 15 rings (SSSR count). The Balaban J connectivity index is 1.04. The second-order valence-corrected chi connectivity index (χ2v) is 19.9. The standard InChI is InChI=1S/C73H47N/c1-3-20-48(21-4-1)51-24-19-25-52(44-51)49-38-40-53(41-39-49)74(54-42-43-61-59-30-10-9-28-57(59)58-29-11-12-31-60(58)65(61)45-54)72-47-71-66(46-67(72)56-27-8-7-26-55(56)50-22-5-2-6-23-50)64-34-15-18-37-70(64)73(71)68-35-16-13-32-62(68)63-33-14-17-36-69(63)73/h1-47H. The molecule has 13 aromatic carbocycles. The Bertz CT molecular complexity index is 4280. The minimum absolute atomic E-state index is 0.539. The first-order valence-corrected chi connectivity index (χ1v) is 25.7. The van der Waals surface area contributed by atoms with Crippen molar-refractivity contribution in [2.24, 2.45) is 0 Å². The maximum atomic E-state index is 2.57. The van der Waals surface area contributed by atoms with Gasteiger partial charge in [0.25, 0.3) is 0 Å². The van der Waals surface area contributed by atoms with Crippen molar-refractivity contribution in [3.05, 3.63) is 307 Å². The monoisotopic (exact) mass is 937 g/mol. The van der Waals surface area contributed by atoms with Gasteiger partial charge in [-0.3, -0.25) is 0 Å². The molecule has 0 saturated heterocycles. The number of hydrogen-bond acceptors (Lipinski definition) is 1. The minimum atomic E-state index is -0.539. The number of benzene rings is 13. The molecule has 0 N–H and O–H groups in total. The van der Waals surface area contributed by atoms with Crippen LogP contribution in [-0.2, 0) is 5.41 Å². The molecule has 74 heavy (non-hydrogen) atoms. The lowest BCUT2D eigenvalue weighted by Gasteiger charge is -2.33. The van der Waals surface area contributed by atoms with E-state index in [9.17, 15) is 0 Å². The topological polar surface area (TPSA) is 3.24 Å². The van der Waals surface area contributed by atoms with E-state index in [1.165, 1.54) is 116 Å². The first kappa shape index (κ1) is 42.2. The lowest BCUT2D eigenvalue weighted by molar-refractivity contribution is 0.794. The number of hydrogen-bond donors (Lipinski definition) is 0. The Kier molecular flexibility index (Phi) is 9.55. The van der Waals surface area contributed by atoms with Gasteiger partial charge in [-0.05, 0) is 158 Å². The van der Waals surface area contributed by atoms with Crippen LogP contribution >= 0.6 is 0 Å². The average molecular weight is 938 g/mol. The van der Waals surface area contributed by atoms with E-state index in [4.69, 9.17) is 0 Å². The van der Waals surface area contributed by atoms with E-state index in [0.29, 0.717) is 0 Å². The Morgan fingerprint density at radius 2 is 0.622 bits per heavy atom. The molecule has 0 unspecified atom stereocenters.